The molecule has 1 N–H and O–H groups in total. The normalized spacial score (nSPS) is 14.9. The zero-order valence-electron chi connectivity index (χ0n) is 20.2. The molecular weight excluding hydrogens is 463 g/mol. The Kier molecular flexibility index (Phi) is 7.36. The van der Waals surface area contributed by atoms with Gasteiger partial charge in [-0.2, -0.15) is 0 Å². The van der Waals surface area contributed by atoms with Crippen LogP contribution in [0.4, 0.5) is 4.39 Å². The first kappa shape index (κ1) is 24.1. The van der Waals surface area contributed by atoms with Gasteiger partial charge in [0.2, 0.25) is 0 Å². The van der Waals surface area contributed by atoms with Crippen LogP contribution >= 0.6 is 0 Å². The number of rotatable bonds is 9. The van der Waals surface area contributed by atoms with Crippen LogP contribution in [-0.4, -0.2) is 94.5 Å². The van der Waals surface area contributed by atoms with Crippen molar-refractivity contribution in [2.75, 3.05) is 59.6 Å². The van der Waals surface area contributed by atoms with Crippen LogP contribution in [0.3, 0.4) is 0 Å². The summed E-state index contributed by atoms with van der Waals surface area (Å²) in [5.41, 5.74) is 2.32. The number of pyridine rings is 1. The fraction of sp³-hybridized carbons (Fsp3) is 0.346. The molecule has 10 heteroatoms. The maximum atomic E-state index is 13.7. The van der Waals surface area contributed by atoms with E-state index in [2.05, 4.69) is 27.2 Å². The third kappa shape index (κ3) is 5.62. The summed E-state index contributed by atoms with van der Waals surface area (Å²) in [6, 6.07) is 13.6. The van der Waals surface area contributed by atoms with Crippen molar-refractivity contribution in [1.29, 1.82) is 0 Å². The molecular formula is C26H29FN6O3. The first-order chi connectivity index (χ1) is 17.6. The molecule has 1 aliphatic heterocycles. The number of hydrogen-bond donors (Lipinski definition) is 1. The van der Waals surface area contributed by atoms with Crippen LogP contribution in [-0.2, 0) is 4.74 Å². The molecule has 4 aromatic rings. The summed E-state index contributed by atoms with van der Waals surface area (Å²) >= 11 is 0. The van der Waals surface area contributed by atoms with Crippen molar-refractivity contribution in [3.8, 4) is 28.6 Å². The Morgan fingerprint density at radius 2 is 1.83 bits per heavy atom. The highest BCUT2D eigenvalue weighted by Gasteiger charge is 2.14. The van der Waals surface area contributed by atoms with Crippen molar-refractivity contribution in [3.05, 3.63) is 60.5 Å². The van der Waals surface area contributed by atoms with Gasteiger partial charge in [-0.1, -0.05) is 23.4 Å². The Balaban J connectivity index is 1.21. The van der Waals surface area contributed by atoms with Crippen LogP contribution in [0.2, 0.25) is 0 Å². The molecule has 9 nitrogen and oxygen atoms in total. The van der Waals surface area contributed by atoms with Crippen LogP contribution in [0.5, 0.6) is 11.5 Å². The molecule has 0 radical (unpaired) electrons. The molecule has 5 rings (SSSR count). The van der Waals surface area contributed by atoms with E-state index in [9.17, 15) is 9.50 Å². The zero-order valence-corrected chi connectivity index (χ0v) is 20.2. The van der Waals surface area contributed by atoms with Gasteiger partial charge >= 0.3 is 0 Å². The minimum atomic E-state index is -0.724. The second-order valence-corrected chi connectivity index (χ2v) is 8.81. The Hall–Kier alpha value is -3.60. The number of aromatic nitrogens is 4. The summed E-state index contributed by atoms with van der Waals surface area (Å²) in [6.07, 6.45) is 1.66. The van der Waals surface area contributed by atoms with E-state index in [0.29, 0.717) is 42.6 Å². The van der Waals surface area contributed by atoms with E-state index in [4.69, 9.17) is 14.5 Å². The van der Waals surface area contributed by atoms with Crippen LogP contribution in [0, 0.1) is 5.82 Å². The third-order valence-electron chi connectivity index (χ3n) is 6.27. The smallest absolute Gasteiger partial charge is 0.166 e. The number of fused-ring (bicyclic) bond motifs is 1. The number of phenols is 1. The Morgan fingerprint density at radius 3 is 2.67 bits per heavy atom. The number of aromatic hydroxyl groups is 1. The molecule has 0 atom stereocenters. The average Bonchev–Trinajstić information content (AvgIpc) is 3.39. The molecule has 1 saturated heterocycles. The van der Waals surface area contributed by atoms with Gasteiger partial charge in [0.25, 0.3) is 0 Å². The van der Waals surface area contributed by atoms with E-state index in [-0.39, 0.29) is 0 Å². The second kappa shape index (κ2) is 11.0. The number of benzene rings is 2. The third-order valence-corrected chi connectivity index (χ3v) is 6.27. The summed E-state index contributed by atoms with van der Waals surface area (Å²) in [7, 11) is 2.15. The lowest BCUT2D eigenvalue weighted by Crippen LogP contribution is -2.45. The Labute approximate surface area is 208 Å². The maximum absolute atomic E-state index is 13.7. The minimum Gasteiger partial charge on any atom is -0.505 e. The highest BCUT2D eigenvalue weighted by atomic mass is 19.1. The topological polar surface area (TPSA) is 88.8 Å². The quantitative estimate of drug-likeness (QED) is 0.357. The van der Waals surface area contributed by atoms with E-state index in [0.717, 1.165) is 43.6 Å². The molecule has 3 heterocycles. The molecule has 1 fully saturated rings. The Morgan fingerprint density at radius 1 is 0.972 bits per heavy atom. The summed E-state index contributed by atoms with van der Waals surface area (Å²) in [5, 5.41) is 18.6. The SMILES string of the molecule is CN1CCN(CCOCCOc2cccc3ccc(-c4cn(-c5ccc(O)c(F)c5)nn4)nc23)CC1. The summed E-state index contributed by atoms with van der Waals surface area (Å²) in [5.74, 6) is -0.466. The molecule has 1 aliphatic rings. The fourth-order valence-corrected chi connectivity index (χ4v) is 4.10. The second-order valence-electron chi connectivity index (χ2n) is 8.81. The van der Waals surface area contributed by atoms with Crippen molar-refractivity contribution in [1.82, 2.24) is 29.8 Å². The number of likely N-dealkylation sites (N-methyl/N-ethyl adjacent to an activating group) is 1. The van der Waals surface area contributed by atoms with Gasteiger partial charge in [0, 0.05) is 44.2 Å². The maximum Gasteiger partial charge on any atom is 0.166 e. The molecule has 0 saturated carbocycles. The van der Waals surface area contributed by atoms with Gasteiger partial charge in [-0.3, -0.25) is 4.90 Å². The average molecular weight is 493 g/mol. The van der Waals surface area contributed by atoms with Crippen LogP contribution in [0.1, 0.15) is 0 Å². The lowest BCUT2D eigenvalue weighted by Gasteiger charge is -2.32. The van der Waals surface area contributed by atoms with Crippen molar-refractivity contribution in [2.45, 2.75) is 0 Å². The van der Waals surface area contributed by atoms with Gasteiger partial charge in [0.1, 0.15) is 23.6 Å². The van der Waals surface area contributed by atoms with E-state index < -0.39 is 11.6 Å². The van der Waals surface area contributed by atoms with E-state index in [1.807, 2.05) is 30.3 Å². The summed E-state index contributed by atoms with van der Waals surface area (Å²) < 4.78 is 27.0. The van der Waals surface area contributed by atoms with Gasteiger partial charge in [-0.25, -0.2) is 14.1 Å². The molecule has 0 bridgehead atoms. The van der Waals surface area contributed by atoms with Gasteiger partial charge in [0.05, 0.1) is 30.8 Å². The van der Waals surface area contributed by atoms with Gasteiger partial charge in [-0.15, -0.1) is 5.10 Å². The van der Waals surface area contributed by atoms with Crippen LogP contribution in [0.15, 0.2) is 54.7 Å². The summed E-state index contributed by atoms with van der Waals surface area (Å²) in [6.45, 7) is 6.92. The van der Waals surface area contributed by atoms with Crippen molar-refractivity contribution < 1.29 is 19.0 Å². The lowest BCUT2D eigenvalue weighted by molar-refractivity contribution is 0.0660. The van der Waals surface area contributed by atoms with Gasteiger partial charge in [-0.05, 0) is 31.3 Å². The fourth-order valence-electron chi connectivity index (χ4n) is 4.10. The largest absolute Gasteiger partial charge is 0.505 e. The number of para-hydroxylation sites is 1. The molecule has 2 aromatic heterocycles. The van der Waals surface area contributed by atoms with E-state index in [1.165, 1.54) is 16.8 Å². The molecule has 0 spiro atoms. The van der Waals surface area contributed by atoms with Gasteiger partial charge < -0.3 is 19.5 Å². The van der Waals surface area contributed by atoms with Crippen molar-refractivity contribution in [3.63, 3.8) is 0 Å². The lowest BCUT2D eigenvalue weighted by atomic mass is 10.1. The van der Waals surface area contributed by atoms with E-state index in [1.54, 1.807) is 12.3 Å². The number of halogens is 1. The minimum absolute atomic E-state index is 0.414. The number of hydrogen-bond acceptors (Lipinski definition) is 8. The monoisotopic (exact) mass is 492 g/mol. The predicted octanol–water partition coefficient (Wildman–Crippen LogP) is 2.97. The van der Waals surface area contributed by atoms with E-state index >= 15 is 0 Å². The molecule has 0 amide bonds. The first-order valence-corrected chi connectivity index (χ1v) is 12.0. The zero-order chi connectivity index (χ0) is 24.9. The molecule has 0 aliphatic carbocycles. The number of piperazine rings is 1. The molecule has 2 aromatic carbocycles. The van der Waals surface area contributed by atoms with Crippen molar-refractivity contribution in [2.24, 2.45) is 0 Å². The number of nitrogens with zero attached hydrogens (tertiary/aromatic N) is 6. The Bertz CT molecular complexity index is 1320. The number of phenolic OH excluding ortho intramolecular Hbond substituents is 1. The van der Waals surface area contributed by atoms with Gasteiger partial charge in [0.15, 0.2) is 11.6 Å². The van der Waals surface area contributed by atoms with Crippen molar-refractivity contribution >= 4 is 10.9 Å². The summed E-state index contributed by atoms with van der Waals surface area (Å²) in [4.78, 5) is 9.52. The highest BCUT2D eigenvalue weighted by Crippen LogP contribution is 2.27. The predicted molar refractivity (Wildman–Crippen MR) is 134 cm³/mol. The molecule has 188 valence electrons. The number of ether oxygens (including phenoxy) is 2. The first-order valence-electron chi connectivity index (χ1n) is 12.0. The highest BCUT2D eigenvalue weighted by molar-refractivity contribution is 5.86. The van der Waals surface area contributed by atoms with Crippen LogP contribution in [0.25, 0.3) is 28.0 Å². The molecule has 0 unspecified atom stereocenters. The standard InChI is InChI=1S/C26H29FN6O3/c1-31-9-11-32(12-10-31)13-14-35-15-16-36-25-4-2-3-19-5-7-22(28-26(19)25)23-18-33(30-29-23)20-6-8-24(34)21(27)17-20/h2-8,17-18,34H,9-16H2,1H3. The molecule has 36 heavy (non-hydrogen) atoms. The van der Waals surface area contributed by atoms with Crippen LogP contribution < -0.4 is 4.74 Å².